The maximum absolute atomic E-state index is 6.15. The predicted octanol–water partition coefficient (Wildman–Crippen LogP) is 14.7. The highest BCUT2D eigenvalue weighted by Gasteiger charge is 2.19. The van der Waals surface area contributed by atoms with Gasteiger partial charge in [0.15, 0.2) is 5.58 Å². The van der Waals surface area contributed by atoms with Gasteiger partial charge in [0, 0.05) is 64.8 Å². The minimum Gasteiger partial charge on any atom is -0.436 e. The van der Waals surface area contributed by atoms with Crippen LogP contribution in [-0.2, 0) is 0 Å². The number of para-hydroxylation sites is 4. The van der Waals surface area contributed by atoms with Crippen molar-refractivity contribution in [1.29, 1.82) is 0 Å². The van der Waals surface area contributed by atoms with Gasteiger partial charge in [-0.05, 0) is 109 Å². The molecule has 12 rings (SSSR count). The lowest BCUT2D eigenvalue weighted by Gasteiger charge is -2.26. The summed E-state index contributed by atoms with van der Waals surface area (Å²) in [5, 5.41) is 6.05. The summed E-state index contributed by atoms with van der Waals surface area (Å²) in [6.45, 7) is 0. The highest BCUT2D eigenvalue weighted by atomic mass is 32.1. The van der Waals surface area contributed by atoms with Gasteiger partial charge in [0.1, 0.15) is 10.5 Å². The van der Waals surface area contributed by atoms with Crippen LogP contribution in [0.2, 0.25) is 0 Å². The normalized spacial score (nSPS) is 11.9. The SMILES string of the molecule is c1ccc2oc(-c3ccc(N(c4ccc(-c5nc6ccccc6s5)cc4)c4ccc5c6ccccc6n(-c6ccc7c(c6)sc6ccccc67)c5c4)cc3)nc2c1. The van der Waals surface area contributed by atoms with Crippen molar-refractivity contribution in [3.05, 3.63) is 182 Å². The number of nitrogens with zero attached hydrogens (tertiary/aromatic N) is 4. The molecule has 5 nitrogen and oxygen atoms in total. The second kappa shape index (κ2) is 12.7. The van der Waals surface area contributed by atoms with Crippen LogP contribution in [0.5, 0.6) is 0 Å². The van der Waals surface area contributed by atoms with Crippen molar-refractivity contribution in [3.8, 4) is 27.7 Å². The van der Waals surface area contributed by atoms with E-state index in [-0.39, 0.29) is 0 Å². The van der Waals surface area contributed by atoms with E-state index >= 15 is 0 Å². The van der Waals surface area contributed by atoms with Crippen molar-refractivity contribution in [3.63, 3.8) is 0 Å². The molecule has 0 aliphatic rings. The summed E-state index contributed by atoms with van der Waals surface area (Å²) in [5.41, 5.74) is 11.3. The van der Waals surface area contributed by atoms with Crippen molar-refractivity contribution < 1.29 is 4.42 Å². The zero-order valence-corrected chi connectivity index (χ0v) is 32.0. The van der Waals surface area contributed by atoms with Crippen molar-refractivity contribution in [2.45, 2.75) is 0 Å². The quantitative estimate of drug-likeness (QED) is 0.169. The Balaban J connectivity index is 1.02. The molecule has 0 aliphatic carbocycles. The van der Waals surface area contributed by atoms with E-state index in [1.165, 1.54) is 41.2 Å². The number of hydrogen-bond donors (Lipinski definition) is 0. The van der Waals surface area contributed by atoms with Crippen LogP contribution in [0.4, 0.5) is 17.1 Å². The van der Waals surface area contributed by atoms with Gasteiger partial charge in [-0.25, -0.2) is 9.97 Å². The highest BCUT2D eigenvalue weighted by Crippen LogP contribution is 2.42. The lowest BCUT2D eigenvalue weighted by molar-refractivity contribution is 0.620. The Morgan fingerprint density at radius 3 is 1.88 bits per heavy atom. The number of fused-ring (bicyclic) bond motifs is 8. The molecule has 7 heteroatoms. The summed E-state index contributed by atoms with van der Waals surface area (Å²) in [6, 6.07) is 64.6. The topological polar surface area (TPSA) is 47.1 Å². The molecular formula is C50H30N4OS2. The van der Waals surface area contributed by atoms with E-state index in [2.05, 4.69) is 161 Å². The van der Waals surface area contributed by atoms with Crippen LogP contribution in [0.1, 0.15) is 0 Å². The predicted molar refractivity (Wildman–Crippen MR) is 240 cm³/mol. The molecule has 0 fully saturated rings. The zero-order chi connectivity index (χ0) is 37.5. The molecule has 0 saturated heterocycles. The second-order valence-corrected chi connectivity index (χ2v) is 16.3. The fourth-order valence-electron chi connectivity index (χ4n) is 8.17. The third-order valence-corrected chi connectivity index (χ3v) is 13.1. The monoisotopic (exact) mass is 766 g/mol. The van der Waals surface area contributed by atoms with Gasteiger partial charge in [-0.2, -0.15) is 0 Å². The Morgan fingerprint density at radius 1 is 0.439 bits per heavy atom. The molecule has 0 bridgehead atoms. The molecule has 0 unspecified atom stereocenters. The molecule has 4 aromatic heterocycles. The Hall–Kier alpha value is -7.06. The van der Waals surface area contributed by atoms with Crippen LogP contribution in [0, 0.1) is 0 Å². The molecule has 0 atom stereocenters. The number of anilines is 3. The summed E-state index contributed by atoms with van der Waals surface area (Å²) in [4.78, 5) is 12.0. The lowest BCUT2D eigenvalue weighted by atomic mass is 10.1. The van der Waals surface area contributed by atoms with Gasteiger partial charge < -0.3 is 13.9 Å². The van der Waals surface area contributed by atoms with E-state index in [0.717, 1.165) is 61.0 Å². The van der Waals surface area contributed by atoms with Gasteiger partial charge in [-0.3, -0.25) is 0 Å². The minimum absolute atomic E-state index is 0.607. The smallest absolute Gasteiger partial charge is 0.227 e. The maximum atomic E-state index is 6.15. The van der Waals surface area contributed by atoms with Gasteiger partial charge in [0.05, 0.1) is 21.3 Å². The third kappa shape index (κ3) is 5.28. The second-order valence-electron chi connectivity index (χ2n) is 14.2. The first kappa shape index (κ1) is 32.2. The number of oxazole rings is 1. The van der Waals surface area contributed by atoms with Crippen molar-refractivity contribution >= 4 is 103 Å². The molecular weight excluding hydrogens is 737 g/mol. The number of aromatic nitrogens is 3. The Morgan fingerprint density at radius 2 is 1.07 bits per heavy atom. The fraction of sp³-hybridized carbons (Fsp3) is 0. The molecule has 12 aromatic rings. The van der Waals surface area contributed by atoms with E-state index in [1.54, 1.807) is 11.3 Å². The summed E-state index contributed by atoms with van der Waals surface area (Å²) in [5.74, 6) is 0.607. The number of thiazole rings is 1. The van der Waals surface area contributed by atoms with Gasteiger partial charge in [-0.1, -0.05) is 72.8 Å². The van der Waals surface area contributed by atoms with Crippen LogP contribution < -0.4 is 4.90 Å². The van der Waals surface area contributed by atoms with Crippen LogP contribution in [0.3, 0.4) is 0 Å². The van der Waals surface area contributed by atoms with E-state index in [4.69, 9.17) is 14.4 Å². The fourth-order valence-corrected chi connectivity index (χ4v) is 10.3. The summed E-state index contributed by atoms with van der Waals surface area (Å²) in [7, 11) is 0. The summed E-state index contributed by atoms with van der Waals surface area (Å²) >= 11 is 3.57. The first-order valence-corrected chi connectivity index (χ1v) is 20.5. The first-order valence-electron chi connectivity index (χ1n) is 18.9. The average Bonchev–Trinajstić information content (AvgIpc) is 4.05. The maximum Gasteiger partial charge on any atom is 0.227 e. The zero-order valence-electron chi connectivity index (χ0n) is 30.3. The van der Waals surface area contributed by atoms with E-state index in [0.29, 0.717) is 5.89 Å². The largest absolute Gasteiger partial charge is 0.436 e. The summed E-state index contributed by atoms with van der Waals surface area (Å²) < 4.78 is 12.3. The van der Waals surface area contributed by atoms with Gasteiger partial charge in [0.25, 0.3) is 0 Å². The van der Waals surface area contributed by atoms with Crippen LogP contribution >= 0.6 is 22.7 Å². The van der Waals surface area contributed by atoms with Gasteiger partial charge in [0.2, 0.25) is 5.89 Å². The Kier molecular flexibility index (Phi) is 7.20. The number of benzene rings is 8. The molecule has 0 radical (unpaired) electrons. The first-order chi connectivity index (χ1) is 28.2. The van der Waals surface area contributed by atoms with Crippen molar-refractivity contribution in [2.75, 3.05) is 4.90 Å². The molecule has 57 heavy (non-hydrogen) atoms. The number of rotatable bonds is 6. The van der Waals surface area contributed by atoms with Crippen molar-refractivity contribution in [1.82, 2.24) is 14.5 Å². The minimum atomic E-state index is 0.607. The molecule has 0 aliphatic heterocycles. The van der Waals surface area contributed by atoms with Gasteiger partial charge >= 0.3 is 0 Å². The van der Waals surface area contributed by atoms with Gasteiger partial charge in [-0.15, -0.1) is 22.7 Å². The van der Waals surface area contributed by atoms with Crippen LogP contribution in [0.25, 0.3) is 91.0 Å². The van der Waals surface area contributed by atoms with E-state index in [9.17, 15) is 0 Å². The van der Waals surface area contributed by atoms with Crippen LogP contribution in [0.15, 0.2) is 186 Å². The molecule has 8 aromatic carbocycles. The molecule has 0 N–H and O–H groups in total. The van der Waals surface area contributed by atoms with E-state index in [1.807, 2.05) is 41.7 Å². The lowest BCUT2D eigenvalue weighted by Crippen LogP contribution is -2.10. The molecule has 0 saturated carbocycles. The number of hydrogen-bond acceptors (Lipinski definition) is 6. The summed E-state index contributed by atoms with van der Waals surface area (Å²) in [6.07, 6.45) is 0. The Bertz CT molecular complexity index is 3300. The number of thiophene rings is 1. The highest BCUT2D eigenvalue weighted by molar-refractivity contribution is 7.25. The van der Waals surface area contributed by atoms with Crippen LogP contribution in [-0.4, -0.2) is 14.5 Å². The molecule has 0 spiro atoms. The molecule has 268 valence electrons. The van der Waals surface area contributed by atoms with Crippen molar-refractivity contribution in [2.24, 2.45) is 0 Å². The molecule has 4 heterocycles. The Labute approximate surface area is 335 Å². The third-order valence-electron chi connectivity index (χ3n) is 10.9. The van der Waals surface area contributed by atoms with E-state index < -0.39 is 0 Å². The standard InChI is InChI=1S/C50H30N4OS2/c1-5-13-43-37(9-1)38-27-25-35(29-44(38)54(43)36-26-28-40-39-10-2-7-15-46(39)56-48(40)30-36)53(33-21-17-31(18-22-33)49-51-41-11-3-6-14-45(41)55-49)34-23-19-32(20-24-34)50-52-42-12-4-8-16-47(42)57-50/h1-30H. The average molecular weight is 767 g/mol. The molecule has 0 amide bonds.